The Kier molecular flexibility index (Phi) is 5.18. The van der Waals surface area contributed by atoms with E-state index in [1.807, 2.05) is 49.6 Å². The van der Waals surface area contributed by atoms with Crippen LogP contribution >= 0.6 is 11.3 Å². The third-order valence-corrected chi connectivity index (χ3v) is 6.42. The van der Waals surface area contributed by atoms with Crippen LogP contribution in [0.4, 0.5) is 5.69 Å². The number of H-pyrrole nitrogens is 1. The van der Waals surface area contributed by atoms with Crippen LogP contribution in [0.15, 0.2) is 46.6 Å². The van der Waals surface area contributed by atoms with E-state index in [0.717, 1.165) is 27.5 Å². The molecule has 3 aromatic heterocycles. The number of aromatic amines is 1. The number of carbonyl (C=O) groups is 1. The summed E-state index contributed by atoms with van der Waals surface area (Å²) < 4.78 is 13.0. The number of thiophene rings is 1. The summed E-state index contributed by atoms with van der Waals surface area (Å²) in [6, 6.07) is 11.0. The van der Waals surface area contributed by atoms with Crippen LogP contribution in [0.25, 0.3) is 5.65 Å². The van der Waals surface area contributed by atoms with Gasteiger partial charge in [-0.1, -0.05) is 6.07 Å². The zero-order valence-corrected chi connectivity index (χ0v) is 18.6. The molecule has 0 unspecified atom stereocenters. The molecule has 9 heteroatoms. The smallest absolute Gasteiger partial charge is 0.266 e. The van der Waals surface area contributed by atoms with E-state index in [2.05, 4.69) is 10.1 Å². The number of aromatic nitrogens is 3. The lowest BCUT2D eigenvalue weighted by Gasteiger charge is -2.26. The van der Waals surface area contributed by atoms with Crippen molar-refractivity contribution in [1.29, 1.82) is 0 Å². The third-order valence-electron chi connectivity index (χ3n) is 5.56. The van der Waals surface area contributed by atoms with E-state index in [1.54, 1.807) is 20.8 Å². The van der Waals surface area contributed by atoms with Crippen LogP contribution in [0.2, 0.25) is 0 Å². The van der Waals surface area contributed by atoms with Crippen LogP contribution < -0.4 is 19.9 Å². The summed E-state index contributed by atoms with van der Waals surface area (Å²) in [7, 11) is 0. The van der Waals surface area contributed by atoms with E-state index >= 15 is 0 Å². The molecule has 1 aliphatic rings. The molecule has 164 valence electrons. The molecule has 4 aromatic rings. The summed E-state index contributed by atoms with van der Waals surface area (Å²) in [5, 5.41) is 4.74. The Bertz CT molecular complexity index is 1360. The molecule has 1 aliphatic heterocycles. The van der Waals surface area contributed by atoms with Crippen molar-refractivity contribution in [3.05, 3.63) is 74.0 Å². The van der Waals surface area contributed by atoms with E-state index in [4.69, 9.17) is 9.47 Å². The number of anilines is 1. The van der Waals surface area contributed by atoms with Gasteiger partial charge in [0.2, 0.25) is 5.91 Å². The molecule has 0 bridgehead atoms. The molecule has 0 atom stereocenters. The van der Waals surface area contributed by atoms with Gasteiger partial charge in [-0.3, -0.25) is 14.7 Å². The summed E-state index contributed by atoms with van der Waals surface area (Å²) in [4.78, 5) is 32.7. The average Bonchev–Trinajstić information content (AvgIpc) is 3.43. The number of carbonyl (C=O) groups excluding carboxylic acids is 1. The normalized spacial score (nSPS) is 12.8. The third kappa shape index (κ3) is 3.75. The number of amides is 1. The Morgan fingerprint density at radius 1 is 1.19 bits per heavy atom. The minimum atomic E-state index is -0.223. The Morgan fingerprint density at radius 2 is 2.00 bits per heavy atom. The van der Waals surface area contributed by atoms with Crippen molar-refractivity contribution in [2.45, 2.75) is 26.8 Å². The zero-order valence-electron chi connectivity index (χ0n) is 17.8. The van der Waals surface area contributed by atoms with Gasteiger partial charge >= 0.3 is 0 Å². The molecule has 0 saturated carbocycles. The van der Waals surface area contributed by atoms with E-state index < -0.39 is 0 Å². The Balaban J connectivity index is 1.51. The van der Waals surface area contributed by atoms with Crippen LogP contribution in [0.5, 0.6) is 11.5 Å². The highest BCUT2D eigenvalue weighted by Gasteiger charge is 2.23. The number of nitrogens with zero attached hydrogens (tertiary/aromatic N) is 3. The van der Waals surface area contributed by atoms with Crippen molar-refractivity contribution in [3.63, 3.8) is 0 Å². The van der Waals surface area contributed by atoms with Gasteiger partial charge in [0.1, 0.15) is 13.2 Å². The van der Waals surface area contributed by atoms with Gasteiger partial charge in [-0.15, -0.1) is 11.3 Å². The highest BCUT2D eigenvalue weighted by Crippen LogP contribution is 2.35. The van der Waals surface area contributed by atoms with E-state index in [9.17, 15) is 9.59 Å². The topological polar surface area (TPSA) is 88.9 Å². The predicted octanol–water partition coefficient (Wildman–Crippen LogP) is 3.25. The SMILES string of the molecule is Cc1nc2cc(=O)[nH]n2c(C)c1CC(=O)N(Cc1cccs1)c1ccc2c(c1)OCCO2. The molecule has 1 amide bonds. The van der Waals surface area contributed by atoms with Crippen molar-refractivity contribution in [1.82, 2.24) is 14.6 Å². The van der Waals surface area contributed by atoms with Crippen LogP contribution in [0.3, 0.4) is 0 Å². The summed E-state index contributed by atoms with van der Waals surface area (Å²) in [5.74, 6) is 1.25. The molecule has 0 fully saturated rings. The average molecular weight is 451 g/mol. The maximum Gasteiger partial charge on any atom is 0.266 e. The summed E-state index contributed by atoms with van der Waals surface area (Å²) >= 11 is 1.60. The quantitative estimate of drug-likeness (QED) is 0.504. The number of rotatable bonds is 5. The Morgan fingerprint density at radius 3 is 2.78 bits per heavy atom. The second-order valence-corrected chi connectivity index (χ2v) is 8.67. The van der Waals surface area contributed by atoms with Crippen LogP contribution in [-0.2, 0) is 17.8 Å². The van der Waals surface area contributed by atoms with Gasteiger partial charge in [-0.25, -0.2) is 9.50 Å². The largest absolute Gasteiger partial charge is 0.486 e. The second-order valence-electron chi connectivity index (χ2n) is 7.64. The van der Waals surface area contributed by atoms with Crippen molar-refractivity contribution < 1.29 is 14.3 Å². The van der Waals surface area contributed by atoms with E-state index in [1.165, 1.54) is 6.07 Å². The van der Waals surface area contributed by atoms with Crippen LogP contribution in [0.1, 0.15) is 21.8 Å². The van der Waals surface area contributed by atoms with Gasteiger partial charge in [-0.2, -0.15) is 0 Å². The maximum absolute atomic E-state index is 13.6. The van der Waals surface area contributed by atoms with E-state index in [0.29, 0.717) is 36.9 Å². The Hall–Kier alpha value is -3.59. The van der Waals surface area contributed by atoms with Gasteiger partial charge in [-0.05, 0) is 37.4 Å². The van der Waals surface area contributed by atoms with Gasteiger partial charge in [0.05, 0.1) is 13.0 Å². The molecule has 5 rings (SSSR count). The fourth-order valence-corrected chi connectivity index (χ4v) is 4.63. The van der Waals surface area contributed by atoms with Crippen molar-refractivity contribution in [2.24, 2.45) is 0 Å². The number of aryl methyl sites for hydroxylation is 2. The minimum Gasteiger partial charge on any atom is -0.486 e. The van der Waals surface area contributed by atoms with Crippen molar-refractivity contribution in [3.8, 4) is 11.5 Å². The molecule has 0 spiro atoms. The number of hydrogen-bond acceptors (Lipinski definition) is 6. The first kappa shape index (κ1) is 20.3. The predicted molar refractivity (Wildman–Crippen MR) is 122 cm³/mol. The maximum atomic E-state index is 13.6. The van der Waals surface area contributed by atoms with Crippen LogP contribution in [-0.4, -0.2) is 33.7 Å². The molecule has 0 radical (unpaired) electrons. The molecule has 1 N–H and O–H groups in total. The van der Waals surface area contributed by atoms with E-state index in [-0.39, 0.29) is 17.9 Å². The summed E-state index contributed by atoms with van der Waals surface area (Å²) in [5.41, 5.74) is 3.38. The number of fused-ring (bicyclic) bond motifs is 2. The first-order chi connectivity index (χ1) is 15.5. The van der Waals surface area contributed by atoms with Gasteiger partial charge in [0, 0.05) is 39.6 Å². The molecule has 8 nitrogen and oxygen atoms in total. The summed E-state index contributed by atoms with van der Waals surface area (Å²) in [6.45, 7) is 5.19. The molecule has 32 heavy (non-hydrogen) atoms. The van der Waals surface area contributed by atoms with Gasteiger partial charge in [0.25, 0.3) is 5.56 Å². The molecule has 0 saturated heterocycles. The molecule has 1 aromatic carbocycles. The van der Waals surface area contributed by atoms with Crippen molar-refractivity contribution >= 4 is 28.6 Å². The molecular formula is C23H22N4O4S. The zero-order chi connectivity index (χ0) is 22.2. The molecular weight excluding hydrogens is 428 g/mol. The number of hydrogen-bond donors (Lipinski definition) is 1. The first-order valence-electron chi connectivity index (χ1n) is 10.3. The first-order valence-corrected chi connectivity index (χ1v) is 11.2. The minimum absolute atomic E-state index is 0.0723. The lowest BCUT2D eigenvalue weighted by Crippen LogP contribution is -2.32. The fourth-order valence-electron chi connectivity index (χ4n) is 3.94. The highest BCUT2D eigenvalue weighted by molar-refractivity contribution is 7.09. The lowest BCUT2D eigenvalue weighted by atomic mass is 10.1. The Labute approximate surface area is 188 Å². The second kappa shape index (κ2) is 8.16. The monoisotopic (exact) mass is 450 g/mol. The highest BCUT2D eigenvalue weighted by atomic mass is 32.1. The number of ether oxygens (including phenoxy) is 2. The van der Waals surface area contributed by atoms with Crippen LogP contribution in [0, 0.1) is 13.8 Å². The number of benzene rings is 1. The molecule has 0 aliphatic carbocycles. The van der Waals surface area contributed by atoms with Gasteiger partial charge in [0.15, 0.2) is 17.1 Å². The summed E-state index contributed by atoms with van der Waals surface area (Å²) in [6.07, 6.45) is 0.153. The standard InChI is InChI=1S/C23H22N4O4S/c1-14-18(15(2)27-21(24-14)12-22(28)25-27)11-23(29)26(13-17-4-3-9-32-17)16-5-6-19-20(10-16)31-8-7-30-19/h3-6,9-10,12H,7-8,11,13H2,1-2H3,(H,25,28). The van der Waals surface area contributed by atoms with Gasteiger partial charge < -0.3 is 14.4 Å². The lowest BCUT2D eigenvalue weighted by molar-refractivity contribution is -0.118. The number of nitrogens with one attached hydrogen (secondary N) is 1. The fraction of sp³-hybridized carbons (Fsp3) is 0.261. The van der Waals surface area contributed by atoms with Crippen molar-refractivity contribution in [2.75, 3.05) is 18.1 Å². The molecule has 4 heterocycles.